The van der Waals surface area contributed by atoms with Crippen molar-refractivity contribution in [3.63, 3.8) is 0 Å². The summed E-state index contributed by atoms with van der Waals surface area (Å²) in [5.74, 6) is -0.0169. The van der Waals surface area contributed by atoms with Gasteiger partial charge in [0.1, 0.15) is 0 Å². The van der Waals surface area contributed by atoms with Crippen LogP contribution in [0.5, 0.6) is 0 Å². The molecule has 0 radical (unpaired) electrons. The molecule has 21 heavy (non-hydrogen) atoms. The maximum atomic E-state index is 12.0. The van der Waals surface area contributed by atoms with Gasteiger partial charge in [-0.1, -0.05) is 30.3 Å². The molecule has 1 amide bonds. The van der Waals surface area contributed by atoms with Crippen LogP contribution in [-0.2, 0) is 20.7 Å². The average Bonchev–Trinajstić information content (AvgIpc) is 2.54. The second-order valence-corrected chi connectivity index (χ2v) is 5.62. The Morgan fingerprint density at radius 1 is 1.14 bits per heavy atom. The van der Waals surface area contributed by atoms with Crippen LogP contribution < -0.4 is 5.32 Å². The van der Waals surface area contributed by atoms with E-state index in [0.29, 0.717) is 6.42 Å². The van der Waals surface area contributed by atoms with Gasteiger partial charge < -0.3 is 10.1 Å². The zero-order valence-corrected chi connectivity index (χ0v) is 12.5. The molecule has 1 aliphatic carbocycles. The first-order chi connectivity index (χ1) is 10.2. The van der Waals surface area contributed by atoms with E-state index in [9.17, 15) is 9.59 Å². The van der Waals surface area contributed by atoms with Crippen molar-refractivity contribution in [2.45, 2.75) is 44.6 Å². The first-order valence-electron chi connectivity index (χ1n) is 7.60. The smallest absolute Gasteiger partial charge is 0.308 e. The van der Waals surface area contributed by atoms with E-state index in [2.05, 4.69) is 5.32 Å². The van der Waals surface area contributed by atoms with Crippen LogP contribution in [-0.4, -0.2) is 25.0 Å². The summed E-state index contributed by atoms with van der Waals surface area (Å²) in [6, 6.07) is 10.2. The number of esters is 1. The third-order valence-electron chi connectivity index (χ3n) is 4.11. The summed E-state index contributed by atoms with van der Waals surface area (Å²) in [7, 11) is 1.43. The Labute approximate surface area is 125 Å². The van der Waals surface area contributed by atoms with Crippen LogP contribution in [0.1, 0.15) is 37.7 Å². The highest BCUT2D eigenvalue weighted by Crippen LogP contribution is 2.25. The summed E-state index contributed by atoms with van der Waals surface area (Å²) in [6.07, 6.45) is 4.60. The van der Waals surface area contributed by atoms with E-state index in [1.165, 1.54) is 12.7 Å². The molecular weight excluding hydrogens is 266 g/mol. The van der Waals surface area contributed by atoms with E-state index in [-0.39, 0.29) is 23.8 Å². The SMILES string of the molecule is COC(=O)C1CCC(NC(=O)CCc2ccccc2)CC1. The molecule has 0 aromatic heterocycles. The van der Waals surface area contributed by atoms with Gasteiger partial charge in [-0.3, -0.25) is 9.59 Å². The van der Waals surface area contributed by atoms with Gasteiger partial charge in [-0.2, -0.15) is 0 Å². The molecule has 1 aromatic rings. The second kappa shape index (κ2) is 7.81. The maximum Gasteiger partial charge on any atom is 0.308 e. The Kier molecular flexibility index (Phi) is 5.78. The van der Waals surface area contributed by atoms with E-state index >= 15 is 0 Å². The highest BCUT2D eigenvalue weighted by molar-refractivity contribution is 5.76. The largest absolute Gasteiger partial charge is 0.469 e. The van der Waals surface area contributed by atoms with Gasteiger partial charge >= 0.3 is 5.97 Å². The Balaban J connectivity index is 1.68. The molecule has 1 aliphatic rings. The molecule has 0 spiro atoms. The van der Waals surface area contributed by atoms with Gasteiger partial charge in [0.25, 0.3) is 0 Å². The molecule has 0 bridgehead atoms. The number of nitrogens with one attached hydrogen (secondary N) is 1. The number of aryl methyl sites for hydroxylation is 1. The van der Waals surface area contributed by atoms with Gasteiger partial charge in [-0.25, -0.2) is 0 Å². The third kappa shape index (κ3) is 4.88. The molecule has 4 heteroatoms. The van der Waals surface area contributed by atoms with E-state index in [1.807, 2.05) is 30.3 Å². The molecular formula is C17H23NO3. The lowest BCUT2D eigenvalue weighted by Crippen LogP contribution is -2.39. The number of ether oxygens (including phenoxy) is 1. The van der Waals surface area contributed by atoms with Crippen LogP contribution in [0.2, 0.25) is 0 Å². The Morgan fingerprint density at radius 3 is 2.43 bits per heavy atom. The van der Waals surface area contributed by atoms with Gasteiger partial charge in [0.15, 0.2) is 0 Å². The van der Waals surface area contributed by atoms with Crippen molar-refractivity contribution in [1.82, 2.24) is 5.32 Å². The number of carbonyl (C=O) groups excluding carboxylic acids is 2. The lowest BCUT2D eigenvalue weighted by molar-refractivity contribution is -0.146. The van der Waals surface area contributed by atoms with Gasteiger partial charge in [0.05, 0.1) is 13.0 Å². The number of rotatable bonds is 5. The molecule has 0 heterocycles. The number of amides is 1. The highest BCUT2D eigenvalue weighted by atomic mass is 16.5. The Hall–Kier alpha value is -1.84. The highest BCUT2D eigenvalue weighted by Gasteiger charge is 2.27. The predicted molar refractivity (Wildman–Crippen MR) is 80.7 cm³/mol. The van der Waals surface area contributed by atoms with Crippen LogP contribution in [0.4, 0.5) is 0 Å². The minimum atomic E-state index is -0.121. The van der Waals surface area contributed by atoms with Crippen molar-refractivity contribution >= 4 is 11.9 Å². The van der Waals surface area contributed by atoms with Crippen molar-refractivity contribution in [3.8, 4) is 0 Å². The Bertz CT molecular complexity index is 464. The van der Waals surface area contributed by atoms with Gasteiger partial charge in [-0.05, 0) is 37.7 Å². The molecule has 1 fully saturated rings. The van der Waals surface area contributed by atoms with Crippen molar-refractivity contribution < 1.29 is 14.3 Å². The summed E-state index contributed by atoms with van der Waals surface area (Å²) >= 11 is 0. The van der Waals surface area contributed by atoms with Crippen LogP contribution >= 0.6 is 0 Å². The molecule has 0 unspecified atom stereocenters. The number of carbonyl (C=O) groups is 2. The molecule has 0 atom stereocenters. The van der Waals surface area contributed by atoms with Crippen LogP contribution in [0, 0.1) is 5.92 Å². The van der Waals surface area contributed by atoms with E-state index < -0.39 is 0 Å². The second-order valence-electron chi connectivity index (χ2n) is 5.62. The average molecular weight is 289 g/mol. The van der Waals surface area contributed by atoms with Gasteiger partial charge in [0, 0.05) is 12.5 Å². The lowest BCUT2D eigenvalue weighted by atomic mass is 9.86. The molecule has 1 N–H and O–H groups in total. The minimum Gasteiger partial charge on any atom is -0.469 e. The zero-order valence-electron chi connectivity index (χ0n) is 12.5. The molecule has 2 rings (SSSR count). The molecule has 0 saturated heterocycles. The quantitative estimate of drug-likeness (QED) is 0.847. The fraction of sp³-hybridized carbons (Fsp3) is 0.529. The van der Waals surface area contributed by atoms with Gasteiger partial charge in [0.2, 0.25) is 5.91 Å². The fourth-order valence-corrected chi connectivity index (χ4v) is 2.84. The molecule has 0 aliphatic heterocycles. The summed E-state index contributed by atoms with van der Waals surface area (Å²) in [5.41, 5.74) is 1.18. The summed E-state index contributed by atoms with van der Waals surface area (Å²) < 4.78 is 4.77. The number of hydrogen-bond donors (Lipinski definition) is 1. The van der Waals surface area contributed by atoms with E-state index in [4.69, 9.17) is 4.74 Å². The third-order valence-corrected chi connectivity index (χ3v) is 4.11. The molecule has 1 aromatic carbocycles. The lowest BCUT2D eigenvalue weighted by Gasteiger charge is -2.27. The topological polar surface area (TPSA) is 55.4 Å². The standard InChI is InChI=1S/C17H23NO3/c1-21-17(20)14-8-10-15(11-9-14)18-16(19)12-7-13-5-3-2-4-6-13/h2-6,14-15H,7-12H2,1H3,(H,18,19). The first kappa shape index (κ1) is 15.5. The number of hydrogen-bond acceptors (Lipinski definition) is 3. The van der Waals surface area contributed by atoms with Crippen molar-refractivity contribution in [2.24, 2.45) is 5.92 Å². The first-order valence-corrected chi connectivity index (χ1v) is 7.60. The van der Waals surface area contributed by atoms with Crippen molar-refractivity contribution in [3.05, 3.63) is 35.9 Å². The number of benzene rings is 1. The van der Waals surface area contributed by atoms with Crippen LogP contribution in [0.3, 0.4) is 0 Å². The summed E-state index contributed by atoms with van der Waals surface area (Å²) in [6.45, 7) is 0. The summed E-state index contributed by atoms with van der Waals surface area (Å²) in [5, 5.41) is 3.08. The normalized spacial score (nSPS) is 21.6. The minimum absolute atomic E-state index is 0.00692. The Morgan fingerprint density at radius 2 is 1.81 bits per heavy atom. The van der Waals surface area contributed by atoms with Crippen LogP contribution in [0.25, 0.3) is 0 Å². The molecule has 114 valence electrons. The fourth-order valence-electron chi connectivity index (χ4n) is 2.84. The van der Waals surface area contributed by atoms with Crippen molar-refractivity contribution in [1.29, 1.82) is 0 Å². The monoisotopic (exact) mass is 289 g/mol. The van der Waals surface area contributed by atoms with Gasteiger partial charge in [-0.15, -0.1) is 0 Å². The maximum absolute atomic E-state index is 12.0. The van der Waals surface area contributed by atoms with Crippen LogP contribution in [0.15, 0.2) is 30.3 Å². The zero-order chi connectivity index (χ0) is 15.1. The molecule has 4 nitrogen and oxygen atoms in total. The van der Waals surface area contributed by atoms with E-state index in [0.717, 1.165) is 32.1 Å². The van der Waals surface area contributed by atoms with Crippen molar-refractivity contribution in [2.75, 3.05) is 7.11 Å². The molecule has 1 saturated carbocycles. The number of methoxy groups -OCH3 is 1. The van der Waals surface area contributed by atoms with E-state index in [1.54, 1.807) is 0 Å². The predicted octanol–water partition coefficient (Wildman–Crippen LogP) is 2.47. The summed E-state index contributed by atoms with van der Waals surface area (Å²) in [4.78, 5) is 23.4.